The number of nitrogens with one attached hydrogen (secondary N) is 1. The maximum absolute atomic E-state index is 13.5. The zero-order chi connectivity index (χ0) is 18.4. The van der Waals surface area contributed by atoms with Crippen molar-refractivity contribution in [2.45, 2.75) is 23.6 Å². The van der Waals surface area contributed by atoms with Crippen LogP contribution in [0.25, 0.3) is 0 Å². The Morgan fingerprint density at radius 3 is 2.40 bits per heavy atom. The van der Waals surface area contributed by atoms with E-state index in [0.717, 1.165) is 11.8 Å². The van der Waals surface area contributed by atoms with Gasteiger partial charge in [-0.15, -0.1) is 11.8 Å². The third kappa shape index (κ3) is 5.86. The molecule has 2 aromatic carbocycles. The first-order chi connectivity index (χ1) is 11.8. The lowest BCUT2D eigenvalue weighted by atomic mass is 10.1. The van der Waals surface area contributed by atoms with E-state index < -0.39 is 9.84 Å². The summed E-state index contributed by atoms with van der Waals surface area (Å²) in [4.78, 5) is 12.3. The highest BCUT2D eigenvalue weighted by molar-refractivity contribution is 7.99. The van der Waals surface area contributed by atoms with Crippen molar-refractivity contribution in [3.8, 4) is 0 Å². The standard InChI is InChI=1S/C18H20FNO3S2/c1-13(14-7-9-16(10-8-14)25(2,22)23)20-18(21)12-24-11-15-5-3-4-6-17(15)19/h3-10,13H,11-12H2,1-2H3,(H,20,21). The summed E-state index contributed by atoms with van der Waals surface area (Å²) in [7, 11) is -3.23. The molecule has 1 N–H and O–H groups in total. The van der Waals surface area contributed by atoms with E-state index in [0.29, 0.717) is 11.3 Å². The first kappa shape index (κ1) is 19.5. The van der Waals surface area contributed by atoms with Crippen LogP contribution < -0.4 is 5.32 Å². The Morgan fingerprint density at radius 2 is 1.80 bits per heavy atom. The maximum atomic E-state index is 13.5. The molecule has 1 unspecified atom stereocenters. The van der Waals surface area contributed by atoms with Crippen LogP contribution in [-0.2, 0) is 20.4 Å². The van der Waals surface area contributed by atoms with Crippen LogP contribution in [0.2, 0.25) is 0 Å². The molecular formula is C18H20FNO3S2. The van der Waals surface area contributed by atoms with Gasteiger partial charge in [-0.25, -0.2) is 12.8 Å². The summed E-state index contributed by atoms with van der Waals surface area (Å²) in [6, 6.07) is 12.7. The predicted octanol–water partition coefficient (Wildman–Crippen LogP) is 3.34. The van der Waals surface area contributed by atoms with Crippen LogP contribution in [0.3, 0.4) is 0 Å². The molecule has 25 heavy (non-hydrogen) atoms. The van der Waals surface area contributed by atoms with E-state index in [-0.39, 0.29) is 28.4 Å². The van der Waals surface area contributed by atoms with Crippen molar-refractivity contribution in [2.75, 3.05) is 12.0 Å². The van der Waals surface area contributed by atoms with Crippen LogP contribution in [0.5, 0.6) is 0 Å². The van der Waals surface area contributed by atoms with Crippen molar-refractivity contribution in [3.05, 3.63) is 65.5 Å². The van der Waals surface area contributed by atoms with E-state index in [1.165, 1.54) is 30.0 Å². The molecule has 0 aliphatic carbocycles. The number of carbonyl (C=O) groups is 1. The second-order valence-electron chi connectivity index (χ2n) is 5.71. The van der Waals surface area contributed by atoms with Crippen molar-refractivity contribution in [3.63, 3.8) is 0 Å². The van der Waals surface area contributed by atoms with E-state index in [1.54, 1.807) is 30.3 Å². The van der Waals surface area contributed by atoms with Gasteiger partial charge in [0.25, 0.3) is 0 Å². The molecule has 134 valence electrons. The van der Waals surface area contributed by atoms with Crippen molar-refractivity contribution in [1.29, 1.82) is 0 Å². The Hall–Kier alpha value is -1.86. The molecule has 4 nitrogen and oxygen atoms in total. The van der Waals surface area contributed by atoms with Gasteiger partial charge in [-0.05, 0) is 36.2 Å². The summed E-state index contributed by atoms with van der Waals surface area (Å²) in [5, 5.41) is 2.85. The molecule has 0 saturated carbocycles. The fraction of sp³-hybridized carbons (Fsp3) is 0.278. The minimum atomic E-state index is -3.23. The Kier molecular flexibility index (Phi) is 6.61. The molecule has 0 fully saturated rings. The van der Waals surface area contributed by atoms with Crippen LogP contribution in [-0.4, -0.2) is 26.3 Å². The lowest BCUT2D eigenvalue weighted by Gasteiger charge is -2.14. The summed E-state index contributed by atoms with van der Waals surface area (Å²) in [6.45, 7) is 1.83. The van der Waals surface area contributed by atoms with Crippen molar-refractivity contribution in [1.82, 2.24) is 5.32 Å². The average molecular weight is 381 g/mol. The summed E-state index contributed by atoms with van der Waals surface area (Å²) >= 11 is 1.34. The third-order valence-electron chi connectivity index (χ3n) is 3.63. The van der Waals surface area contributed by atoms with E-state index in [4.69, 9.17) is 0 Å². The highest BCUT2D eigenvalue weighted by atomic mass is 32.2. The smallest absolute Gasteiger partial charge is 0.230 e. The van der Waals surface area contributed by atoms with Crippen molar-refractivity contribution < 1.29 is 17.6 Å². The molecule has 1 amide bonds. The fourth-order valence-electron chi connectivity index (χ4n) is 2.24. The molecule has 0 spiro atoms. The minimum absolute atomic E-state index is 0.152. The summed E-state index contributed by atoms with van der Waals surface area (Å²) in [6.07, 6.45) is 1.15. The molecule has 0 aromatic heterocycles. The SMILES string of the molecule is CC(NC(=O)CSCc1ccccc1F)c1ccc(S(C)(=O)=O)cc1. The van der Waals surface area contributed by atoms with Crippen molar-refractivity contribution >= 4 is 27.5 Å². The van der Waals surface area contributed by atoms with Crippen molar-refractivity contribution in [2.24, 2.45) is 0 Å². The van der Waals surface area contributed by atoms with Gasteiger partial charge < -0.3 is 5.32 Å². The first-order valence-corrected chi connectivity index (χ1v) is 10.7. The molecule has 0 aliphatic rings. The van der Waals surface area contributed by atoms with E-state index >= 15 is 0 Å². The minimum Gasteiger partial charge on any atom is -0.349 e. The van der Waals surface area contributed by atoms with Gasteiger partial charge in [0.15, 0.2) is 9.84 Å². The van der Waals surface area contributed by atoms with E-state index in [9.17, 15) is 17.6 Å². The molecule has 0 saturated heterocycles. The molecule has 7 heteroatoms. The van der Waals surface area contributed by atoms with Crippen LogP contribution in [0.1, 0.15) is 24.1 Å². The third-order valence-corrected chi connectivity index (χ3v) is 5.74. The molecule has 0 heterocycles. The van der Waals surface area contributed by atoms with Gasteiger partial charge in [0.2, 0.25) is 5.91 Å². The van der Waals surface area contributed by atoms with Gasteiger partial charge in [0.1, 0.15) is 5.82 Å². The van der Waals surface area contributed by atoms with Gasteiger partial charge in [0.05, 0.1) is 16.7 Å². The van der Waals surface area contributed by atoms with Gasteiger partial charge in [0, 0.05) is 12.0 Å². The lowest BCUT2D eigenvalue weighted by molar-refractivity contribution is -0.119. The molecule has 0 aliphatic heterocycles. The number of rotatable bonds is 7. The number of halogens is 1. The van der Waals surface area contributed by atoms with E-state index in [1.807, 2.05) is 6.92 Å². The normalized spacial score (nSPS) is 12.6. The summed E-state index contributed by atoms with van der Waals surface area (Å²) in [5.74, 6) is 0.230. The number of benzene rings is 2. The zero-order valence-corrected chi connectivity index (χ0v) is 15.7. The highest BCUT2D eigenvalue weighted by Crippen LogP contribution is 2.18. The predicted molar refractivity (Wildman–Crippen MR) is 98.7 cm³/mol. The Labute approximate surface area is 151 Å². The molecular weight excluding hydrogens is 361 g/mol. The molecule has 2 rings (SSSR count). The average Bonchev–Trinajstić information content (AvgIpc) is 2.56. The van der Waals surface area contributed by atoms with Crippen LogP contribution in [0.4, 0.5) is 4.39 Å². The number of hydrogen-bond acceptors (Lipinski definition) is 4. The second-order valence-corrected chi connectivity index (χ2v) is 8.72. The quantitative estimate of drug-likeness (QED) is 0.799. The highest BCUT2D eigenvalue weighted by Gasteiger charge is 2.12. The van der Waals surface area contributed by atoms with Gasteiger partial charge in [-0.2, -0.15) is 0 Å². The zero-order valence-electron chi connectivity index (χ0n) is 14.0. The van der Waals surface area contributed by atoms with Gasteiger partial charge in [-0.3, -0.25) is 4.79 Å². The monoisotopic (exact) mass is 381 g/mol. The largest absolute Gasteiger partial charge is 0.349 e. The van der Waals surface area contributed by atoms with Gasteiger partial charge in [-0.1, -0.05) is 30.3 Å². The van der Waals surface area contributed by atoms with Crippen LogP contribution in [0, 0.1) is 5.82 Å². The Balaban J connectivity index is 1.84. The Bertz CT molecular complexity index is 836. The number of carbonyl (C=O) groups excluding carboxylic acids is 1. The Morgan fingerprint density at radius 1 is 1.16 bits per heavy atom. The second kappa shape index (κ2) is 8.49. The summed E-state index contributed by atoms with van der Waals surface area (Å²) in [5.41, 5.74) is 1.39. The number of sulfone groups is 1. The lowest BCUT2D eigenvalue weighted by Crippen LogP contribution is -2.28. The molecule has 2 aromatic rings. The number of hydrogen-bond donors (Lipinski definition) is 1. The first-order valence-electron chi connectivity index (χ1n) is 7.68. The number of amides is 1. The van der Waals surface area contributed by atoms with Crippen LogP contribution in [0.15, 0.2) is 53.4 Å². The molecule has 1 atom stereocenters. The molecule has 0 bridgehead atoms. The van der Waals surface area contributed by atoms with E-state index in [2.05, 4.69) is 5.32 Å². The molecule has 0 radical (unpaired) electrons. The van der Waals surface area contributed by atoms with Gasteiger partial charge >= 0.3 is 0 Å². The maximum Gasteiger partial charge on any atom is 0.230 e. The number of thioether (sulfide) groups is 1. The van der Waals surface area contributed by atoms with Crippen LogP contribution >= 0.6 is 11.8 Å². The summed E-state index contributed by atoms with van der Waals surface area (Å²) < 4.78 is 36.4. The fourth-order valence-corrected chi connectivity index (χ4v) is 3.69. The topological polar surface area (TPSA) is 63.2 Å².